The Labute approximate surface area is 351 Å². The maximum Gasteiger partial charge on any atom is 0.460 e. The van der Waals surface area contributed by atoms with Crippen LogP contribution in [0, 0.1) is 11.8 Å². The number of esters is 2. The normalized spacial score (nSPS) is 22.1. The van der Waals surface area contributed by atoms with E-state index in [9.17, 15) is 159 Å². The molecule has 4 atom stereocenters. The minimum absolute atomic E-state index is 0.468. The van der Waals surface area contributed by atoms with E-state index in [-0.39, 0.29) is 0 Å². The molecule has 0 amide bonds. The lowest BCUT2D eigenvalue weighted by Gasteiger charge is -2.42. The van der Waals surface area contributed by atoms with Crippen molar-refractivity contribution < 1.29 is 168 Å². The van der Waals surface area contributed by atoms with Gasteiger partial charge in [0.15, 0.2) is 0 Å². The van der Waals surface area contributed by atoms with Crippen molar-refractivity contribution in [2.24, 2.45) is 11.8 Å². The third-order valence-corrected chi connectivity index (χ3v) is 10.5. The SMILES string of the molecule is O=C(CCC(F)(F)C(F)(F)C(F)(F)C(F)(F)C(F)(F)C(F)(F)C(F)(F)C(F)(F)F)O[C@@H]1CC[C@H]2[C@@H]1CC[C@H]2OC(=O)CCC(F)(F)C(F)(F)C(F)(F)C(F)(F)C(F)(F)C(F)(F)C(F)(F)C(F)(F)F. The zero-order valence-corrected chi connectivity index (χ0v) is 31.5. The maximum absolute atomic E-state index is 14.2. The number of halogens is 34. The summed E-state index contributed by atoms with van der Waals surface area (Å²) in [4.78, 5) is 24.2. The molecule has 0 aliphatic heterocycles. The molecule has 4 nitrogen and oxygen atoms in total. The summed E-state index contributed by atoms with van der Waals surface area (Å²) in [6.45, 7) is 0. The number of hydrogen-bond donors (Lipinski definition) is 0. The van der Waals surface area contributed by atoms with Crippen LogP contribution < -0.4 is 0 Å². The van der Waals surface area contributed by atoms with E-state index in [1.807, 2.05) is 0 Å². The van der Waals surface area contributed by atoms with E-state index in [0.29, 0.717) is 0 Å². The molecular formula is C30H20F34O4. The van der Waals surface area contributed by atoms with E-state index in [0.717, 1.165) is 0 Å². The van der Waals surface area contributed by atoms with Gasteiger partial charge in [0.25, 0.3) is 0 Å². The van der Waals surface area contributed by atoms with Gasteiger partial charge in [-0.15, -0.1) is 0 Å². The summed E-state index contributed by atoms with van der Waals surface area (Å²) in [6, 6.07) is 0. The van der Waals surface area contributed by atoms with Gasteiger partial charge in [0, 0.05) is 24.7 Å². The summed E-state index contributed by atoms with van der Waals surface area (Å²) in [5.41, 5.74) is 0. The van der Waals surface area contributed by atoms with Crippen LogP contribution in [0.15, 0.2) is 0 Å². The zero-order valence-electron chi connectivity index (χ0n) is 31.5. The van der Waals surface area contributed by atoms with E-state index in [1.165, 1.54) is 0 Å². The van der Waals surface area contributed by atoms with Crippen LogP contribution >= 0.6 is 0 Å². The predicted molar refractivity (Wildman–Crippen MR) is 145 cm³/mol. The number of hydrogen-bond acceptors (Lipinski definition) is 4. The van der Waals surface area contributed by atoms with Crippen LogP contribution in [0.25, 0.3) is 0 Å². The van der Waals surface area contributed by atoms with Gasteiger partial charge in [-0.05, 0) is 25.7 Å². The number of rotatable bonds is 20. The number of fused-ring (bicyclic) bond motifs is 1. The van der Waals surface area contributed by atoms with Crippen LogP contribution in [-0.2, 0) is 19.1 Å². The van der Waals surface area contributed by atoms with Gasteiger partial charge in [-0.1, -0.05) is 0 Å². The van der Waals surface area contributed by atoms with Crippen molar-refractivity contribution in [1.29, 1.82) is 0 Å². The molecule has 38 heteroatoms. The van der Waals surface area contributed by atoms with Gasteiger partial charge in [0.2, 0.25) is 0 Å². The highest BCUT2D eigenvalue weighted by Gasteiger charge is 2.97. The minimum Gasteiger partial charge on any atom is -0.462 e. The highest BCUT2D eigenvalue weighted by atomic mass is 19.4. The van der Waals surface area contributed by atoms with Crippen molar-refractivity contribution in [3.8, 4) is 0 Å². The standard InChI is InChI=1S/C30H20F34O4/c31-15(32,17(35,36)19(39,40)21(43,44)23(47,48)25(51,52)27(55,56)29(59,60)61)7-5-13(65)67-11-3-1-9-10(11)2-4-12(9)68-14(66)6-8-16(33,34)18(37,38)20(41,42)22(45,46)24(49,50)26(53,54)28(57,58)30(62,63)64/h9-12H,1-8H2/t9-,10-,11+,12+/m0/s1. The van der Waals surface area contributed by atoms with Crippen LogP contribution in [0.2, 0.25) is 0 Å². The highest BCUT2D eigenvalue weighted by molar-refractivity contribution is 5.70. The summed E-state index contributed by atoms with van der Waals surface area (Å²) in [5.74, 6) is -125. The lowest BCUT2D eigenvalue weighted by atomic mass is 9.88. The van der Waals surface area contributed by atoms with Gasteiger partial charge in [-0.25, -0.2) is 0 Å². The zero-order chi connectivity index (χ0) is 54.5. The van der Waals surface area contributed by atoms with Crippen molar-refractivity contribution in [3.63, 3.8) is 0 Å². The van der Waals surface area contributed by atoms with Gasteiger partial charge < -0.3 is 9.47 Å². The summed E-state index contributed by atoms with van der Waals surface area (Å²) in [7, 11) is 0. The molecule has 0 radical (unpaired) electrons. The third-order valence-electron chi connectivity index (χ3n) is 10.5. The van der Waals surface area contributed by atoms with Crippen LogP contribution in [-0.4, -0.2) is 119 Å². The second-order valence-corrected chi connectivity index (χ2v) is 14.8. The molecule has 2 aliphatic carbocycles. The molecule has 0 saturated heterocycles. The molecule has 0 N–H and O–H groups in total. The average Bonchev–Trinajstić information content (AvgIpc) is 3.73. The Balaban J connectivity index is 2.16. The number of ether oxygens (including phenoxy) is 2. The van der Waals surface area contributed by atoms with Crippen molar-refractivity contribution >= 4 is 11.9 Å². The summed E-state index contributed by atoms with van der Waals surface area (Å²) in [5, 5.41) is 0. The van der Waals surface area contributed by atoms with E-state index >= 15 is 0 Å². The molecule has 2 fully saturated rings. The fourth-order valence-electron chi connectivity index (χ4n) is 6.47. The first-order valence-electron chi connectivity index (χ1n) is 17.3. The molecule has 0 unspecified atom stereocenters. The second-order valence-electron chi connectivity index (χ2n) is 14.8. The Bertz CT molecular complexity index is 1700. The lowest BCUT2D eigenvalue weighted by molar-refractivity contribution is -0.461. The molecule has 0 spiro atoms. The molecular weight excluding hydrogens is 1070 g/mol. The second kappa shape index (κ2) is 17.1. The van der Waals surface area contributed by atoms with E-state index in [1.54, 1.807) is 0 Å². The van der Waals surface area contributed by atoms with Gasteiger partial charge in [-0.2, -0.15) is 149 Å². The van der Waals surface area contributed by atoms with Gasteiger partial charge >= 0.3 is 107 Å². The summed E-state index contributed by atoms with van der Waals surface area (Å²) >= 11 is 0. The van der Waals surface area contributed by atoms with Crippen LogP contribution in [0.1, 0.15) is 51.4 Å². The Morgan fingerprint density at radius 2 is 0.485 bits per heavy atom. The van der Waals surface area contributed by atoms with Crippen molar-refractivity contribution in [2.45, 2.75) is 159 Å². The van der Waals surface area contributed by atoms with Crippen molar-refractivity contribution in [1.82, 2.24) is 0 Å². The maximum atomic E-state index is 14.2. The summed E-state index contributed by atoms with van der Waals surface area (Å²) < 4.78 is 467. The Morgan fingerprint density at radius 3 is 0.691 bits per heavy atom. The molecule has 2 saturated carbocycles. The van der Waals surface area contributed by atoms with Crippen molar-refractivity contribution in [3.05, 3.63) is 0 Å². The molecule has 402 valence electrons. The van der Waals surface area contributed by atoms with E-state index in [2.05, 4.69) is 9.47 Å². The Kier molecular flexibility index (Phi) is 15.3. The van der Waals surface area contributed by atoms with Crippen LogP contribution in [0.4, 0.5) is 149 Å². The fraction of sp³-hybridized carbons (Fsp3) is 0.933. The number of carbonyl (C=O) groups is 2. The lowest BCUT2D eigenvalue weighted by Crippen LogP contribution is -2.74. The predicted octanol–water partition coefficient (Wildman–Crippen LogP) is 13.2. The molecule has 0 aromatic carbocycles. The smallest absolute Gasteiger partial charge is 0.460 e. The number of carbonyl (C=O) groups excluding carboxylic acids is 2. The Hall–Kier alpha value is -3.44. The van der Waals surface area contributed by atoms with Gasteiger partial charge in [0.1, 0.15) is 12.2 Å². The average molecular weight is 1090 g/mol. The molecule has 0 aromatic rings. The van der Waals surface area contributed by atoms with Crippen molar-refractivity contribution in [2.75, 3.05) is 0 Å². The molecule has 0 heterocycles. The molecule has 2 rings (SSSR count). The quantitative estimate of drug-likeness (QED) is 0.0901. The van der Waals surface area contributed by atoms with E-state index in [4.69, 9.17) is 0 Å². The fourth-order valence-corrected chi connectivity index (χ4v) is 6.47. The molecule has 2 aliphatic rings. The Morgan fingerprint density at radius 1 is 0.294 bits per heavy atom. The van der Waals surface area contributed by atoms with Crippen LogP contribution in [0.5, 0.6) is 0 Å². The topological polar surface area (TPSA) is 52.6 Å². The molecule has 68 heavy (non-hydrogen) atoms. The van der Waals surface area contributed by atoms with Gasteiger partial charge in [0.05, 0.1) is 12.8 Å². The minimum atomic E-state index is -8.93. The van der Waals surface area contributed by atoms with Gasteiger partial charge in [-0.3, -0.25) is 9.59 Å². The third kappa shape index (κ3) is 8.75. The first-order chi connectivity index (χ1) is 29.4. The highest BCUT2D eigenvalue weighted by Crippen LogP contribution is 2.66. The number of alkyl halides is 34. The van der Waals surface area contributed by atoms with E-state index < -0.39 is 183 Å². The monoisotopic (exact) mass is 1090 g/mol. The molecule has 0 bridgehead atoms. The largest absolute Gasteiger partial charge is 0.462 e. The summed E-state index contributed by atoms with van der Waals surface area (Å²) in [6.07, 6.45) is -32.8. The first-order valence-corrected chi connectivity index (χ1v) is 17.3. The molecule has 0 aromatic heterocycles. The first kappa shape index (κ1) is 60.7. The van der Waals surface area contributed by atoms with Crippen LogP contribution in [0.3, 0.4) is 0 Å².